The van der Waals surface area contributed by atoms with Gasteiger partial charge in [0.2, 0.25) is 0 Å². The Labute approximate surface area is 120 Å². The standard InChI is InChI=1S/C15H23N3O2/c1-3-11-5-7-18(12(8-11)9-16)15(19)13-4-6-17-10-14(13)20-2/h4,6,10-12H,3,5,7-9,16H2,1-2H3. The van der Waals surface area contributed by atoms with Gasteiger partial charge >= 0.3 is 0 Å². The third-order valence-electron chi connectivity index (χ3n) is 4.17. The number of ether oxygens (including phenoxy) is 1. The van der Waals surface area contributed by atoms with Crippen LogP contribution in [0.15, 0.2) is 18.5 Å². The van der Waals surface area contributed by atoms with Crippen LogP contribution in [-0.4, -0.2) is 42.0 Å². The third kappa shape index (κ3) is 2.93. The zero-order valence-corrected chi connectivity index (χ0v) is 12.2. The molecule has 110 valence electrons. The van der Waals surface area contributed by atoms with Crippen LogP contribution in [0.25, 0.3) is 0 Å². The van der Waals surface area contributed by atoms with Crippen LogP contribution >= 0.6 is 0 Å². The molecular weight excluding hydrogens is 254 g/mol. The Morgan fingerprint density at radius 3 is 3.05 bits per heavy atom. The summed E-state index contributed by atoms with van der Waals surface area (Å²) in [4.78, 5) is 18.6. The molecule has 1 aliphatic heterocycles. The van der Waals surface area contributed by atoms with Gasteiger partial charge in [0.15, 0.2) is 0 Å². The lowest BCUT2D eigenvalue weighted by Gasteiger charge is -2.39. The fraction of sp³-hybridized carbons (Fsp3) is 0.600. The lowest BCUT2D eigenvalue weighted by molar-refractivity contribution is 0.0555. The molecule has 2 N–H and O–H groups in total. The van der Waals surface area contributed by atoms with E-state index in [9.17, 15) is 4.79 Å². The molecule has 0 bridgehead atoms. The summed E-state index contributed by atoms with van der Waals surface area (Å²) >= 11 is 0. The van der Waals surface area contributed by atoms with Crippen molar-refractivity contribution in [3.8, 4) is 5.75 Å². The minimum Gasteiger partial charge on any atom is -0.494 e. The molecule has 1 amide bonds. The first-order valence-electron chi connectivity index (χ1n) is 7.20. The van der Waals surface area contributed by atoms with E-state index in [1.54, 1.807) is 25.6 Å². The van der Waals surface area contributed by atoms with Crippen LogP contribution < -0.4 is 10.5 Å². The van der Waals surface area contributed by atoms with Gasteiger partial charge in [-0.15, -0.1) is 0 Å². The molecule has 2 heterocycles. The normalized spacial score (nSPS) is 22.6. The van der Waals surface area contributed by atoms with Gasteiger partial charge in [0.05, 0.1) is 18.9 Å². The molecule has 2 rings (SSSR count). The summed E-state index contributed by atoms with van der Waals surface area (Å²) < 4.78 is 5.23. The number of hydrogen-bond donors (Lipinski definition) is 1. The molecule has 0 saturated carbocycles. The fourth-order valence-corrected chi connectivity index (χ4v) is 2.87. The molecule has 1 fully saturated rings. The number of nitrogens with zero attached hydrogens (tertiary/aromatic N) is 2. The molecule has 0 aromatic carbocycles. The Morgan fingerprint density at radius 1 is 1.60 bits per heavy atom. The third-order valence-corrected chi connectivity index (χ3v) is 4.17. The molecule has 0 spiro atoms. The van der Waals surface area contributed by atoms with Gasteiger partial charge < -0.3 is 15.4 Å². The topological polar surface area (TPSA) is 68.5 Å². The number of hydrogen-bond acceptors (Lipinski definition) is 4. The molecule has 2 unspecified atom stereocenters. The zero-order valence-electron chi connectivity index (χ0n) is 12.2. The van der Waals surface area contributed by atoms with E-state index in [2.05, 4.69) is 11.9 Å². The number of carbonyl (C=O) groups excluding carboxylic acids is 1. The highest BCUT2D eigenvalue weighted by molar-refractivity contribution is 5.97. The van der Waals surface area contributed by atoms with Crippen LogP contribution in [-0.2, 0) is 0 Å². The van der Waals surface area contributed by atoms with Crippen LogP contribution in [0, 0.1) is 5.92 Å². The van der Waals surface area contributed by atoms with Gasteiger partial charge in [-0.2, -0.15) is 0 Å². The summed E-state index contributed by atoms with van der Waals surface area (Å²) in [5.74, 6) is 1.19. The monoisotopic (exact) mass is 277 g/mol. The molecule has 2 atom stereocenters. The molecule has 1 aromatic rings. The van der Waals surface area contributed by atoms with Gasteiger partial charge in [0, 0.05) is 25.3 Å². The maximum atomic E-state index is 12.7. The van der Waals surface area contributed by atoms with Gasteiger partial charge in [-0.3, -0.25) is 9.78 Å². The largest absolute Gasteiger partial charge is 0.494 e. The molecular formula is C15H23N3O2. The SMILES string of the molecule is CCC1CCN(C(=O)c2ccncc2OC)C(CN)C1. The van der Waals surface area contributed by atoms with Crippen LogP contribution in [0.5, 0.6) is 5.75 Å². The number of carbonyl (C=O) groups is 1. The van der Waals surface area contributed by atoms with E-state index in [-0.39, 0.29) is 11.9 Å². The number of amides is 1. The maximum Gasteiger partial charge on any atom is 0.258 e. The lowest BCUT2D eigenvalue weighted by Crippen LogP contribution is -2.49. The highest BCUT2D eigenvalue weighted by Gasteiger charge is 2.31. The van der Waals surface area contributed by atoms with E-state index in [1.165, 1.54) is 0 Å². The van der Waals surface area contributed by atoms with Crippen molar-refractivity contribution in [2.75, 3.05) is 20.2 Å². The smallest absolute Gasteiger partial charge is 0.258 e. The quantitative estimate of drug-likeness (QED) is 0.909. The number of rotatable bonds is 4. The van der Waals surface area contributed by atoms with Crippen LogP contribution in [0.1, 0.15) is 36.5 Å². The number of methoxy groups -OCH3 is 1. The first-order valence-corrected chi connectivity index (χ1v) is 7.20. The van der Waals surface area contributed by atoms with Crippen molar-refractivity contribution in [2.24, 2.45) is 11.7 Å². The number of piperidine rings is 1. The molecule has 0 aliphatic carbocycles. The van der Waals surface area contributed by atoms with Gasteiger partial charge in [-0.05, 0) is 24.8 Å². The van der Waals surface area contributed by atoms with Crippen molar-refractivity contribution in [2.45, 2.75) is 32.2 Å². The zero-order chi connectivity index (χ0) is 14.5. The average Bonchev–Trinajstić information content (AvgIpc) is 2.53. The molecule has 1 aliphatic rings. The summed E-state index contributed by atoms with van der Waals surface area (Å²) in [6, 6.07) is 1.83. The van der Waals surface area contributed by atoms with Crippen molar-refractivity contribution >= 4 is 5.91 Å². The molecule has 1 aromatic heterocycles. The van der Waals surface area contributed by atoms with Crippen molar-refractivity contribution < 1.29 is 9.53 Å². The van der Waals surface area contributed by atoms with Crippen molar-refractivity contribution in [1.29, 1.82) is 0 Å². The Morgan fingerprint density at radius 2 is 2.40 bits per heavy atom. The predicted octanol–water partition coefficient (Wildman–Crippen LogP) is 1.68. The molecule has 0 radical (unpaired) electrons. The van der Waals surface area contributed by atoms with Gasteiger partial charge in [0.1, 0.15) is 5.75 Å². The number of likely N-dealkylation sites (tertiary alicyclic amines) is 1. The van der Waals surface area contributed by atoms with E-state index in [1.807, 2.05) is 4.90 Å². The van der Waals surface area contributed by atoms with E-state index in [0.29, 0.717) is 23.8 Å². The first-order chi connectivity index (χ1) is 9.71. The number of pyridine rings is 1. The summed E-state index contributed by atoms with van der Waals surface area (Å²) in [7, 11) is 1.55. The summed E-state index contributed by atoms with van der Waals surface area (Å²) in [5, 5.41) is 0. The number of aromatic nitrogens is 1. The van der Waals surface area contributed by atoms with Crippen LogP contribution in [0.4, 0.5) is 0 Å². The molecule has 5 heteroatoms. The van der Waals surface area contributed by atoms with Crippen molar-refractivity contribution in [1.82, 2.24) is 9.88 Å². The minimum absolute atomic E-state index is 0.00532. The van der Waals surface area contributed by atoms with Crippen LogP contribution in [0.3, 0.4) is 0 Å². The second-order valence-corrected chi connectivity index (χ2v) is 5.26. The van der Waals surface area contributed by atoms with E-state index >= 15 is 0 Å². The maximum absolute atomic E-state index is 12.7. The highest BCUT2D eigenvalue weighted by Crippen LogP contribution is 2.28. The van der Waals surface area contributed by atoms with E-state index in [0.717, 1.165) is 25.8 Å². The highest BCUT2D eigenvalue weighted by atomic mass is 16.5. The van der Waals surface area contributed by atoms with Gasteiger partial charge in [-0.1, -0.05) is 13.3 Å². The summed E-state index contributed by atoms with van der Waals surface area (Å²) in [5.41, 5.74) is 6.43. The Bertz CT molecular complexity index is 464. The fourth-order valence-electron chi connectivity index (χ4n) is 2.87. The van der Waals surface area contributed by atoms with Crippen LogP contribution in [0.2, 0.25) is 0 Å². The minimum atomic E-state index is -0.00532. The summed E-state index contributed by atoms with van der Waals surface area (Å²) in [6.45, 7) is 3.47. The van der Waals surface area contributed by atoms with Crippen molar-refractivity contribution in [3.63, 3.8) is 0 Å². The van der Waals surface area contributed by atoms with Gasteiger partial charge in [-0.25, -0.2) is 0 Å². The predicted molar refractivity (Wildman–Crippen MR) is 77.7 cm³/mol. The Balaban J connectivity index is 2.19. The summed E-state index contributed by atoms with van der Waals surface area (Å²) in [6.07, 6.45) is 6.38. The second kappa shape index (κ2) is 6.70. The first kappa shape index (κ1) is 14.8. The average molecular weight is 277 g/mol. The second-order valence-electron chi connectivity index (χ2n) is 5.26. The van der Waals surface area contributed by atoms with Gasteiger partial charge in [0.25, 0.3) is 5.91 Å². The van der Waals surface area contributed by atoms with E-state index in [4.69, 9.17) is 10.5 Å². The number of nitrogens with two attached hydrogens (primary N) is 1. The van der Waals surface area contributed by atoms with E-state index < -0.39 is 0 Å². The molecule has 5 nitrogen and oxygen atoms in total. The molecule has 1 saturated heterocycles. The lowest BCUT2D eigenvalue weighted by atomic mass is 9.88. The Kier molecular flexibility index (Phi) is 4.95. The Hall–Kier alpha value is -1.62. The molecule has 20 heavy (non-hydrogen) atoms. The van der Waals surface area contributed by atoms with Crippen molar-refractivity contribution in [3.05, 3.63) is 24.0 Å².